The number of sulfone groups is 1. The number of carbonyl (C=O) groups excluding carboxylic acids is 4. The van der Waals surface area contributed by atoms with Gasteiger partial charge in [-0.15, -0.1) is 0 Å². The number of imide groups is 1. The van der Waals surface area contributed by atoms with Crippen LogP contribution in [0, 0.1) is 11.8 Å². The highest BCUT2D eigenvalue weighted by molar-refractivity contribution is 7.91. The molecule has 27 heavy (non-hydrogen) atoms. The number of hydrogen-bond acceptors (Lipinski definition) is 7. The fraction of sp³-hybridized carbons (Fsp3) is 0.647. The molecule has 3 rings (SSSR count). The largest absolute Gasteiger partial charge is 0.451 e. The van der Waals surface area contributed by atoms with E-state index in [1.54, 1.807) is 0 Å². The number of nitrogens with zero attached hydrogens (tertiary/aromatic N) is 1. The summed E-state index contributed by atoms with van der Waals surface area (Å²) in [5.74, 6) is -3.22. The van der Waals surface area contributed by atoms with E-state index in [0.717, 1.165) is 4.90 Å². The molecule has 1 aliphatic carbocycles. The lowest BCUT2D eigenvalue weighted by molar-refractivity contribution is -0.159. The molecular weight excluding hydrogens is 376 g/mol. The summed E-state index contributed by atoms with van der Waals surface area (Å²) in [7, 11) is -3.14. The smallest absolute Gasteiger partial charge is 0.326 e. The van der Waals surface area contributed by atoms with Gasteiger partial charge in [0.2, 0.25) is 11.8 Å². The lowest BCUT2D eigenvalue weighted by atomic mass is 9.85. The first-order valence-corrected chi connectivity index (χ1v) is 10.7. The summed E-state index contributed by atoms with van der Waals surface area (Å²) in [5, 5.41) is 2.54. The van der Waals surface area contributed by atoms with Crippen molar-refractivity contribution < 1.29 is 32.3 Å². The third-order valence-corrected chi connectivity index (χ3v) is 6.91. The van der Waals surface area contributed by atoms with Crippen molar-refractivity contribution in [3.8, 4) is 0 Å². The standard InChI is InChI=1S/C17H22N2O7S/c1-10(15(21)18-11-6-7-27(24,25)9-11)26-14(20)8-19-16(22)12-4-2-3-5-13(12)17(19)23/h2-3,10-13H,4-9H2,1H3,(H,18,21)/t10-,11-,12-,13+/m1/s1. The lowest BCUT2D eigenvalue weighted by Crippen LogP contribution is -2.44. The van der Waals surface area contributed by atoms with E-state index in [0.29, 0.717) is 19.3 Å². The number of esters is 1. The molecule has 3 aliphatic rings. The van der Waals surface area contributed by atoms with Crippen LogP contribution in [0.25, 0.3) is 0 Å². The Morgan fingerprint density at radius 2 is 1.81 bits per heavy atom. The minimum atomic E-state index is -3.14. The SMILES string of the molecule is C[C@@H](OC(=O)CN1C(=O)[C@H]2CC=CC[C@H]2C1=O)C(=O)N[C@@H]1CCS(=O)(=O)C1. The number of hydrogen-bond donors (Lipinski definition) is 1. The third-order valence-electron chi connectivity index (χ3n) is 5.14. The van der Waals surface area contributed by atoms with Crippen LogP contribution in [0.5, 0.6) is 0 Å². The van der Waals surface area contributed by atoms with E-state index >= 15 is 0 Å². The highest BCUT2D eigenvalue weighted by Gasteiger charge is 2.48. The number of ether oxygens (including phenoxy) is 1. The lowest BCUT2D eigenvalue weighted by Gasteiger charge is -2.18. The molecule has 0 aromatic carbocycles. The summed E-state index contributed by atoms with van der Waals surface area (Å²) in [6, 6.07) is -0.499. The topological polar surface area (TPSA) is 127 Å². The third kappa shape index (κ3) is 4.20. The molecule has 0 bridgehead atoms. The summed E-state index contributed by atoms with van der Waals surface area (Å²) in [6.07, 6.45) is 3.82. The van der Waals surface area contributed by atoms with Gasteiger partial charge in [0, 0.05) is 6.04 Å². The number of rotatable bonds is 5. The van der Waals surface area contributed by atoms with Gasteiger partial charge in [0.25, 0.3) is 5.91 Å². The van der Waals surface area contributed by atoms with Gasteiger partial charge in [0.15, 0.2) is 15.9 Å². The molecule has 0 saturated carbocycles. The Hall–Kier alpha value is -2.23. The van der Waals surface area contributed by atoms with Gasteiger partial charge in [0.05, 0.1) is 23.3 Å². The van der Waals surface area contributed by atoms with Crippen LogP contribution < -0.4 is 5.32 Å². The molecule has 4 atom stereocenters. The van der Waals surface area contributed by atoms with Gasteiger partial charge >= 0.3 is 5.97 Å². The minimum Gasteiger partial charge on any atom is -0.451 e. The number of carbonyl (C=O) groups is 4. The molecule has 2 heterocycles. The van der Waals surface area contributed by atoms with Gasteiger partial charge in [0.1, 0.15) is 6.54 Å². The molecule has 2 fully saturated rings. The maximum absolute atomic E-state index is 12.3. The Morgan fingerprint density at radius 3 is 2.33 bits per heavy atom. The first-order valence-electron chi connectivity index (χ1n) is 8.88. The zero-order valence-corrected chi connectivity index (χ0v) is 15.7. The van der Waals surface area contributed by atoms with E-state index in [-0.39, 0.29) is 23.3 Å². The molecule has 0 spiro atoms. The van der Waals surface area contributed by atoms with Crippen LogP contribution in [-0.4, -0.2) is 67.2 Å². The van der Waals surface area contributed by atoms with Crippen molar-refractivity contribution in [1.82, 2.24) is 10.2 Å². The second kappa shape index (κ2) is 7.41. The van der Waals surface area contributed by atoms with Gasteiger partial charge in [-0.1, -0.05) is 12.2 Å². The molecule has 1 N–H and O–H groups in total. The van der Waals surface area contributed by atoms with E-state index in [4.69, 9.17) is 4.74 Å². The molecule has 0 unspecified atom stereocenters. The summed E-state index contributed by atoms with van der Waals surface area (Å²) in [4.78, 5) is 49.7. The Bertz CT molecular complexity index is 778. The first-order chi connectivity index (χ1) is 12.7. The van der Waals surface area contributed by atoms with Crippen molar-refractivity contribution in [3.05, 3.63) is 12.2 Å². The minimum absolute atomic E-state index is 0.0164. The van der Waals surface area contributed by atoms with Gasteiger partial charge in [-0.25, -0.2) is 8.42 Å². The van der Waals surface area contributed by atoms with Gasteiger partial charge < -0.3 is 10.1 Å². The Kier molecular flexibility index (Phi) is 5.36. The van der Waals surface area contributed by atoms with Crippen LogP contribution in [0.4, 0.5) is 0 Å². The summed E-state index contributed by atoms with van der Waals surface area (Å²) in [6.45, 7) is 0.827. The van der Waals surface area contributed by atoms with Crippen molar-refractivity contribution in [2.24, 2.45) is 11.8 Å². The van der Waals surface area contributed by atoms with E-state index < -0.39 is 52.2 Å². The predicted molar refractivity (Wildman–Crippen MR) is 92.8 cm³/mol. The van der Waals surface area contributed by atoms with Crippen molar-refractivity contribution in [1.29, 1.82) is 0 Å². The number of amides is 3. The maximum Gasteiger partial charge on any atom is 0.326 e. The second-order valence-corrected chi connectivity index (χ2v) is 9.39. The molecular formula is C17H22N2O7S. The molecule has 148 valence electrons. The Labute approximate surface area is 157 Å². The Morgan fingerprint density at radius 1 is 1.22 bits per heavy atom. The number of allylic oxidation sites excluding steroid dienone is 2. The molecule has 0 aromatic heterocycles. The van der Waals surface area contributed by atoms with Crippen molar-refractivity contribution in [2.75, 3.05) is 18.1 Å². The number of fused-ring (bicyclic) bond motifs is 1. The molecule has 10 heteroatoms. The highest BCUT2D eigenvalue weighted by Crippen LogP contribution is 2.34. The van der Waals surface area contributed by atoms with Crippen molar-refractivity contribution in [2.45, 2.75) is 38.3 Å². The van der Waals surface area contributed by atoms with Crippen LogP contribution in [-0.2, 0) is 33.8 Å². The Balaban J connectivity index is 1.51. The van der Waals surface area contributed by atoms with Gasteiger partial charge in [-0.05, 0) is 26.2 Å². The second-order valence-electron chi connectivity index (χ2n) is 7.16. The molecule has 0 aromatic rings. The van der Waals surface area contributed by atoms with E-state index in [1.807, 2.05) is 12.2 Å². The monoisotopic (exact) mass is 398 g/mol. The summed E-state index contributed by atoms with van der Waals surface area (Å²) < 4.78 is 27.9. The first kappa shape index (κ1) is 19.5. The average molecular weight is 398 g/mol. The summed E-state index contributed by atoms with van der Waals surface area (Å²) in [5.41, 5.74) is 0. The normalized spacial score (nSPS) is 30.1. The number of nitrogens with one attached hydrogen (secondary N) is 1. The fourth-order valence-corrected chi connectivity index (χ4v) is 5.34. The molecule has 0 radical (unpaired) electrons. The average Bonchev–Trinajstić information content (AvgIpc) is 3.07. The number of likely N-dealkylation sites (tertiary alicyclic amines) is 1. The van der Waals surface area contributed by atoms with Gasteiger partial charge in [-0.2, -0.15) is 0 Å². The van der Waals surface area contributed by atoms with Crippen molar-refractivity contribution >= 4 is 33.5 Å². The maximum atomic E-state index is 12.3. The van der Waals surface area contributed by atoms with E-state index in [2.05, 4.69) is 5.32 Å². The van der Waals surface area contributed by atoms with Crippen LogP contribution in [0.2, 0.25) is 0 Å². The highest BCUT2D eigenvalue weighted by atomic mass is 32.2. The predicted octanol–water partition coefficient (Wildman–Crippen LogP) is -0.827. The fourth-order valence-electron chi connectivity index (χ4n) is 3.67. The zero-order valence-electron chi connectivity index (χ0n) is 14.9. The molecule has 2 aliphatic heterocycles. The van der Waals surface area contributed by atoms with E-state index in [1.165, 1.54) is 6.92 Å². The van der Waals surface area contributed by atoms with Crippen LogP contribution in [0.3, 0.4) is 0 Å². The molecule has 3 amide bonds. The molecule has 2 saturated heterocycles. The van der Waals surface area contributed by atoms with Crippen LogP contribution in [0.15, 0.2) is 12.2 Å². The van der Waals surface area contributed by atoms with Crippen LogP contribution >= 0.6 is 0 Å². The molecule has 9 nitrogen and oxygen atoms in total. The van der Waals surface area contributed by atoms with Gasteiger partial charge in [-0.3, -0.25) is 24.1 Å². The zero-order chi connectivity index (χ0) is 19.8. The van der Waals surface area contributed by atoms with E-state index in [9.17, 15) is 27.6 Å². The quantitative estimate of drug-likeness (QED) is 0.364. The van der Waals surface area contributed by atoms with Crippen LogP contribution in [0.1, 0.15) is 26.2 Å². The van der Waals surface area contributed by atoms with Crippen molar-refractivity contribution in [3.63, 3.8) is 0 Å². The summed E-state index contributed by atoms with van der Waals surface area (Å²) >= 11 is 0.